The Bertz CT molecular complexity index is 359. The Labute approximate surface area is 97.2 Å². The summed E-state index contributed by atoms with van der Waals surface area (Å²) in [6.45, 7) is 4.50. The summed E-state index contributed by atoms with van der Waals surface area (Å²) in [4.78, 5) is 2.33. The smallest absolute Gasteiger partial charge is 0.121 e. The first-order chi connectivity index (χ1) is 7.74. The number of hydrogen-bond donors (Lipinski definition) is 1. The molecule has 1 saturated heterocycles. The Morgan fingerprint density at radius 1 is 1.44 bits per heavy atom. The van der Waals surface area contributed by atoms with Crippen LogP contribution in [0.2, 0.25) is 0 Å². The summed E-state index contributed by atoms with van der Waals surface area (Å²) in [6.07, 6.45) is 2.59. The Morgan fingerprint density at radius 2 is 2.19 bits per heavy atom. The van der Waals surface area contributed by atoms with E-state index in [0.29, 0.717) is 0 Å². The summed E-state index contributed by atoms with van der Waals surface area (Å²) >= 11 is 0. The van der Waals surface area contributed by atoms with Gasteiger partial charge in [0, 0.05) is 19.2 Å². The van der Waals surface area contributed by atoms with Crippen molar-refractivity contribution in [3.8, 4) is 5.75 Å². The third-order valence-corrected chi connectivity index (χ3v) is 3.23. The van der Waals surface area contributed by atoms with Crippen LogP contribution >= 0.6 is 0 Å². The van der Waals surface area contributed by atoms with Crippen LogP contribution in [0.5, 0.6) is 5.75 Å². The van der Waals surface area contributed by atoms with Gasteiger partial charge in [-0.3, -0.25) is 0 Å². The number of ether oxygens (including phenoxy) is 1. The maximum Gasteiger partial charge on any atom is 0.121 e. The molecule has 0 spiro atoms. The van der Waals surface area contributed by atoms with Gasteiger partial charge in [0.05, 0.1) is 18.5 Å². The predicted molar refractivity (Wildman–Crippen MR) is 68.0 cm³/mol. The second-order valence-electron chi connectivity index (χ2n) is 4.48. The van der Waals surface area contributed by atoms with Crippen LogP contribution in [0.15, 0.2) is 18.2 Å². The van der Waals surface area contributed by atoms with Gasteiger partial charge >= 0.3 is 0 Å². The topological polar surface area (TPSA) is 38.5 Å². The fraction of sp³-hybridized carbons (Fsp3) is 0.538. The monoisotopic (exact) mass is 220 g/mol. The van der Waals surface area contributed by atoms with Crippen LogP contribution in [0.3, 0.4) is 0 Å². The highest BCUT2D eigenvalue weighted by molar-refractivity contribution is 5.70. The van der Waals surface area contributed by atoms with Crippen molar-refractivity contribution in [2.24, 2.45) is 5.92 Å². The maximum atomic E-state index is 5.98. The molecule has 0 atom stereocenters. The molecule has 1 aromatic carbocycles. The van der Waals surface area contributed by atoms with Crippen molar-refractivity contribution >= 4 is 11.4 Å². The molecule has 3 nitrogen and oxygen atoms in total. The van der Waals surface area contributed by atoms with E-state index in [0.717, 1.165) is 36.1 Å². The minimum atomic E-state index is 0.843. The van der Waals surface area contributed by atoms with Gasteiger partial charge in [-0.1, -0.05) is 13.3 Å². The first-order valence-corrected chi connectivity index (χ1v) is 5.93. The number of nitrogens with zero attached hydrogens (tertiary/aromatic N) is 1. The van der Waals surface area contributed by atoms with Gasteiger partial charge in [-0.2, -0.15) is 0 Å². The summed E-state index contributed by atoms with van der Waals surface area (Å²) in [7, 11) is 1.69. The second kappa shape index (κ2) is 4.64. The summed E-state index contributed by atoms with van der Waals surface area (Å²) in [5.74, 6) is 1.72. The highest BCUT2D eigenvalue weighted by Gasteiger charge is 2.27. The van der Waals surface area contributed by atoms with Crippen LogP contribution in [-0.2, 0) is 0 Å². The lowest BCUT2D eigenvalue weighted by atomic mass is 9.94. The van der Waals surface area contributed by atoms with Gasteiger partial charge in [0.2, 0.25) is 0 Å². The zero-order chi connectivity index (χ0) is 11.5. The first-order valence-electron chi connectivity index (χ1n) is 5.93. The molecule has 0 bridgehead atoms. The average Bonchev–Trinajstić information content (AvgIpc) is 2.24. The van der Waals surface area contributed by atoms with Crippen molar-refractivity contribution in [1.29, 1.82) is 0 Å². The standard InChI is InChI=1S/C13H20N2O/c1-3-4-10-8-15(9-10)13-7-11(16-2)5-6-12(13)14/h5-7,10H,3-4,8-9,14H2,1-2H3. The molecule has 0 amide bonds. The molecule has 0 unspecified atom stereocenters. The molecule has 1 aliphatic rings. The summed E-state index contributed by atoms with van der Waals surface area (Å²) in [5.41, 5.74) is 7.94. The molecule has 88 valence electrons. The Kier molecular flexibility index (Phi) is 3.22. The molecule has 0 aliphatic carbocycles. The number of anilines is 2. The molecule has 2 rings (SSSR count). The van der Waals surface area contributed by atoms with Crippen molar-refractivity contribution in [3.63, 3.8) is 0 Å². The van der Waals surface area contributed by atoms with E-state index in [9.17, 15) is 0 Å². The van der Waals surface area contributed by atoms with E-state index in [1.54, 1.807) is 7.11 Å². The molecule has 0 aromatic heterocycles. The van der Waals surface area contributed by atoms with E-state index in [1.807, 2.05) is 18.2 Å². The molecule has 0 radical (unpaired) electrons. The maximum absolute atomic E-state index is 5.98. The number of benzene rings is 1. The van der Waals surface area contributed by atoms with Crippen molar-refractivity contribution in [1.82, 2.24) is 0 Å². The third-order valence-electron chi connectivity index (χ3n) is 3.23. The van der Waals surface area contributed by atoms with Crippen molar-refractivity contribution in [2.75, 3.05) is 30.8 Å². The van der Waals surface area contributed by atoms with Crippen LogP contribution in [0.1, 0.15) is 19.8 Å². The third kappa shape index (κ3) is 2.08. The van der Waals surface area contributed by atoms with Gasteiger partial charge in [0.1, 0.15) is 5.75 Å². The number of methoxy groups -OCH3 is 1. The lowest BCUT2D eigenvalue weighted by Gasteiger charge is -2.41. The number of nitrogen functional groups attached to an aromatic ring is 1. The van der Waals surface area contributed by atoms with Crippen molar-refractivity contribution < 1.29 is 4.74 Å². The molecular weight excluding hydrogens is 200 g/mol. The Balaban J connectivity index is 2.05. The normalized spacial score (nSPS) is 16.0. The van der Waals surface area contributed by atoms with Gasteiger partial charge in [-0.05, 0) is 24.5 Å². The van der Waals surface area contributed by atoms with Gasteiger partial charge in [-0.15, -0.1) is 0 Å². The van der Waals surface area contributed by atoms with E-state index in [4.69, 9.17) is 10.5 Å². The SMILES string of the molecule is CCCC1CN(c2cc(OC)ccc2N)C1. The van der Waals surface area contributed by atoms with Crippen molar-refractivity contribution in [3.05, 3.63) is 18.2 Å². The lowest BCUT2D eigenvalue weighted by Crippen LogP contribution is -2.46. The molecule has 16 heavy (non-hydrogen) atoms. The van der Waals surface area contributed by atoms with Crippen LogP contribution in [-0.4, -0.2) is 20.2 Å². The molecule has 3 heteroatoms. The Morgan fingerprint density at radius 3 is 2.81 bits per heavy atom. The summed E-state index contributed by atoms with van der Waals surface area (Å²) < 4.78 is 5.22. The largest absolute Gasteiger partial charge is 0.497 e. The molecule has 2 N–H and O–H groups in total. The van der Waals surface area contributed by atoms with E-state index in [1.165, 1.54) is 12.8 Å². The lowest BCUT2D eigenvalue weighted by molar-refractivity contribution is 0.379. The molecule has 1 fully saturated rings. The molecular formula is C13H20N2O. The number of nitrogens with two attached hydrogens (primary N) is 1. The molecule has 1 heterocycles. The minimum Gasteiger partial charge on any atom is -0.497 e. The molecule has 0 saturated carbocycles. The molecule has 1 aliphatic heterocycles. The second-order valence-corrected chi connectivity index (χ2v) is 4.48. The average molecular weight is 220 g/mol. The van der Waals surface area contributed by atoms with Gasteiger partial charge < -0.3 is 15.4 Å². The van der Waals surface area contributed by atoms with Crippen molar-refractivity contribution in [2.45, 2.75) is 19.8 Å². The zero-order valence-electron chi connectivity index (χ0n) is 10.1. The van der Waals surface area contributed by atoms with Gasteiger partial charge in [-0.25, -0.2) is 0 Å². The summed E-state index contributed by atoms with van der Waals surface area (Å²) in [6, 6.07) is 5.85. The molecule has 1 aromatic rings. The van der Waals surface area contributed by atoms with E-state index >= 15 is 0 Å². The van der Waals surface area contributed by atoms with Crippen LogP contribution < -0.4 is 15.4 Å². The van der Waals surface area contributed by atoms with E-state index < -0.39 is 0 Å². The van der Waals surface area contributed by atoms with Crippen LogP contribution in [0.25, 0.3) is 0 Å². The zero-order valence-corrected chi connectivity index (χ0v) is 10.1. The fourth-order valence-electron chi connectivity index (χ4n) is 2.28. The van der Waals surface area contributed by atoms with Gasteiger partial charge in [0.25, 0.3) is 0 Å². The minimum absolute atomic E-state index is 0.843. The fourth-order valence-corrected chi connectivity index (χ4v) is 2.28. The highest BCUT2D eigenvalue weighted by Crippen LogP contribution is 2.34. The van der Waals surface area contributed by atoms with E-state index in [2.05, 4.69) is 11.8 Å². The highest BCUT2D eigenvalue weighted by atomic mass is 16.5. The predicted octanol–water partition coefficient (Wildman–Crippen LogP) is 2.51. The number of rotatable bonds is 4. The first kappa shape index (κ1) is 11.1. The summed E-state index contributed by atoms with van der Waals surface area (Å²) in [5, 5.41) is 0. The Hall–Kier alpha value is -1.38. The van der Waals surface area contributed by atoms with Crippen LogP contribution in [0, 0.1) is 5.92 Å². The van der Waals surface area contributed by atoms with E-state index in [-0.39, 0.29) is 0 Å². The van der Waals surface area contributed by atoms with Gasteiger partial charge in [0.15, 0.2) is 0 Å². The van der Waals surface area contributed by atoms with Crippen LogP contribution in [0.4, 0.5) is 11.4 Å². The number of hydrogen-bond acceptors (Lipinski definition) is 3. The quantitative estimate of drug-likeness (QED) is 0.792.